The van der Waals surface area contributed by atoms with Crippen LogP contribution in [0.3, 0.4) is 0 Å². The molecule has 1 amide bonds. The van der Waals surface area contributed by atoms with Crippen LogP contribution in [0.1, 0.15) is 29.0 Å². The van der Waals surface area contributed by atoms with Crippen LogP contribution >= 0.6 is 11.6 Å². The van der Waals surface area contributed by atoms with Gasteiger partial charge >= 0.3 is 5.97 Å². The van der Waals surface area contributed by atoms with E-state index in [0.717, 1.165) is 16.5 Å². The lowest BCUT2D eigenvalue weighted by Crippen LogP contribution is -2.31. The molecule has 3 aromatic rings. The third-order valence-corrected chi connectivity index (χ3v) is 4.05. The summed E-state index contributed by atoms with van der Waals surface area (Å²) in [5, 5.41) is 4.28. The number of hydrogen-bond acceptors (Lipinski definition) is 3. The minimum atomic E-state index is -0.568. The number of carbonyl (C=O) groups is 2. The molecule has 0 aliphatic rings. The number of esters is 1. The highest BCUT2D eigenvalue weighted by Crippen LogP contribution is 2.17. The lowest BCUT2D eigenvalue weighted by atomic mass is 10.1. The fraction of sp³-hybridized carbons (Fsp3) is 0.158. The Bertz CT molecular complexity index is 887. The van der Waals surface area contributed by atoms with Crippen molar-refractivity contribution in [1.82, 2.24) is 10.3 Å². The Morgan fingerprint density at radius 1 is 1.16 bits per heavy atom. The molecule has 6 heteroatoms. The summed E-state index contributed by atoms with van der Waals surface area (Å²) >= 11 is 5.94. The molecule has 0 unspecified atom stereocenters. The van der Waals surface area contributed by atoms with Crippen LogP contribution in [0, 0.1) is 0 Å². The molecule has 0 fully saturated rings. The van der Waals surface area contributed by atoms with Crippen LogP contribution in [0.15, 0.2) is 54.6 Å². The third kappa shape index (κ3) is 4.19. The van der Waals surface area contributed by atoms with Crippen molar-refractivity contribution in [2.45, 2.75) is 13.0 Å². The molecule has 25 heavy (non-hydrogen) atoms. The Balaban J connectivity index is 1.55. The maximum absolute atomic E-state index is 12.1. The van der Waals surface area contributed by atoms with E-state index in [1.54, 1.807) is 18.2 Å². The zero-order valence-electron chi connectivity index (χ0n) is 13.6. The quantitative estimate of drug-likeness (QED) is 0.682. The number of amides is 1. The van der Waals surface area contributed by atoms with Gasteiger partial charge in [0.05, 0.1) is 6.04 Å². The van der Waals surface area contributed by atoms with Gasteiger partial charge in [-0.15, -0.1) is 0 Å². The standard InChI is InChI=1S/C19H17ClN2O3/c1-12(13-6-4-7-15(20)9-13)21-18(23)11-25-19(24)17-10-14-5-2-3-8-16(14)22-17/h2-10,12,22H,11H2,1H3,(H,21,23)/t12-/m1/s1. The maximum Gasteiger partial charge on any atom is 0.355 e. The smallest absolute Gasteiger partial charge is 0.355 e. The summed E-state index contributed by atoms with van der Waals surface area (Å²) < 4.78 is 5.07. The first-order valence-corrected chi connectivity index (χ1v) is 8.20. The Hall–Kier alpha value is -2.79. The van der Waals surface area contributed by atoms with E-state index in [4.69, 9.17) is 16.3 Å². The van der Waals surface area contributed by atoms with Gasteiger partial charge in [-0.1, -0.05) is 41.9 Å². The van der Waals surface area contributed by atoms with Gasteiger partial charge in [0.15, 0.2) is 6.61 Å². The monoisotopic (exact) mass is 356 g/mol. The molecule has 1 heterocycles. The SMILES string of the molecule is C[C@@H](NC(=O)COC(=O)c1cc2ccccc2[nH]1)c1cccc(Cl)c1. The Kier molecular flexibility index (Phi) is 5.05. The van der Waals surface area contributed by atoms with Crippen molar-refractivity contribution < 1.29 is 14.3 Å². The summed E-state index contributed by atoms with van der Waals surface area (Å²) in [6.45, 7) is 1.49. The van der Waals surface area contributed by atoms with Crippen LogP contribution in [-0.2, 0) is 9.53 Å². The molecular weight excluding hydrogens is 340 g/mol. The molecular formula is C19H17ClN2O3. The highest BCUT2D eigenvalue weighted by atomic mass is 35.5. The molecule has 0 saturated heterocycles. The largest absolute Gasteiger partial charge is 0.451 e. The zero-order chi connectivity index (χ0) is 17.8. The second-order valence-electron chi connectivity index (χ2n) is 5.69. The fourth-order valence-electron chi connectivity index (χ4n) is 2.53. The molecule has 2 N–H and O–H groups in total. The van der Waals surface area contributed by atoms with Gasteiger partial charge in [0.25, 0.3) is 5.91 Å². The van der Waals surface area contributed by atoms with Gasteiger partial charge in [-0.2, -0.15) is 0 Å². The average molecular weight is 357 g/mol. The predicted octanol–water partition coefficient (Wildman–Crippen LogP) is 3.86. The minimum absolute atomic E-state index is 0.238. The van der Waals surface area contributed by atoms with Crippen molar-refractivity contribution in [3.63, 3.8) is 0 Å². The molecule has 5 nitrogen and oxygen atoms in total. The zero-order valence-corrected chi connectivity index (χ0v) is 14.3. The van der Waals surface area contributed by atoms with Gasteiger partial charge < -0.3 is 15.0 Å². The third-order valence-electron chi connectivity index (χ3n) is 3.81. The summed E-state index contributed by atoms with van der Waals surface area (Å²) in [6, 6.07) is 16.2. The first kappa shape index (κ1) is 17.0. The van der Waals surface area contributed by atoms with Crippen molar-refractivity contribution in [3.05, 3.63) is 70.9 Å². The van der Waals surface area contributed by atoms with Crippen LogP contribution in [0.25, 0.3) is 10.9 Å². The molecule has 1 atom stereocenters. The number of rotatable bonds is 5. The van der Waals surface area contributed by atoms with E-state index in [1.807, 2.05) is 43.3 Å². The molecule has 2 aromatic carbocycles. The molecule has 0 aliphatic heterocycles. The predicted molar refractivity (Wildman–Crippen MR) is 96.6 cm³/mol. The van der Waals surface area contributed by atoms with E-state index < -0.39 is 5.97 Å². The number of hydrogen-bond donors (Lipinski definition) is 2. The van der Waals surface area contributed by atoms with E-state index in [9.17, 15) is 9.59 Å². The number of halogens is 1. The molecule has 0 aliphatic carbocycles. The summed E-state index contributed by atoms with van der Waals surface area (Å²) in [6.07, 6.45) is 0. The minimum Gasteiger partial charge on any atom is -0.451 e. The van der Waals surface area contributed by atoms with Crippen LogP contribution in [0.2, 0.25) is 5.02 Å². The van der Waals surface area contributed by atoms with E-state index in [-0.39, 0.29) is 18.6 Å². The van der Waals surface area contributed by atoms with Crippen LogP contribution in [-0.4, -0.2) is 23.5 Å². The first-order valence-electron chi connectivity index (χ1n) is 7.82. The normalized spacial score (nSPS) is 11.9. The van der Waals surface area contributed by atoms with Crippen LogP contribution in [0.4, 0.5) is 0 Å². The second-order valence-corrected chi connectivity index (χ2v) is 6.13. The topological polar surface area (TPSA) is 71.2 Å². The number of aromatic nitrogens is 1. The van der Waals surface area contributed by atoms with Crippen molar-refractivity contribution in [3.8, 4) is 0 Å². The van der Waals surface area contributed by atoms with Crippen LogP contribution in [0.5, 0.6) is 0 Å². The number of nitrogens with one attached hydrogen (secondary N) is 2. The second kappa shape index (κ2) is 7.40. The average Bonchev–Trinajstić information content (AvgIpc) is 3.04. The molecule has 128 valence electrons. The molecule has 1 aromatic heterocycles. The van der Waals surface area contributed by atoms with Crippen molar-refractivity contribution in [1.29, 1.82) is 0 Å². The molecule has 0 radical (unpaired) electrons. The highest BCUT2D eigenvalue weighted by Gasteiger charge is 2.15. The van der Waals surface area contributed by atoms with E-state index >= 15 is 0 Å². The van der Waals surface area contributed by atoms with E-state index in [2.05, 4.69) is 10.3 Å². The lowest BCUT2D eigenvalue weighted by Gasteiger charge is -2.14. The summed E-state index contributed by atoms with van der Waals surface area (Å²) in [4.78, 5) is 27.0. The number of aromatic amines is 1. The summed E-state index contributed by atoms with van der Waals surface area (Å²) in [5.41, 5.74) is 2.04. The Morgan fingerprint density at radius 2 is 1.96 bits per heavy atom. The van der Waals surface area contributed by atoms with Crippen molar-refractivity contribution >= 4 is 34.4 Å². The summed E-state index contributed by atoms with van der Waals surface area (Å²) in [5.74, 6) is -0.946. The van der Waals surface area contributed by atoms with Gasteiger partial charge in [0.2, 0.25) is 0 Å². The van der Waals surface area contributed by atoms with Gasteiger partial charge in [-0.25, -0.2) is 4.79 Å². The molecule has 0 bridgehead atoms. The number of benzene rings is 2. The number of ether oxygens (including phenoxy) is 1. The Labute approximate surface area is 149 Å². The van der Waals surface area contributed by atoms with Gasteiger partial charge in [0.1, 0.15) is 5.69 Å². The van der Waals surface area contributed by atoms with Gasteiger partial charge in [0, 0.05) is 15.9 Å². The Morgan fingerprint density at radius 3 is 2.72 bits per heavy atom. The lowest BCUT2D eigenvalue weighted by molar-refractivity contribution is -0.124. The number of fused-ring (bicyclic) bond motifs is 1. The van der Waals surface area contributed by atoms with Crippen molar-refractivity contribution in [2.75, 3.05) is 6.61 Å². The molecule has 0 spiro atoms. The fourth-order valence-corrected chi connectivity index (χ4v) is 2.73. The number of H-pyrrole nitrogens is 1. The highest BCUT2D eigenvalue weighted by molar-refractivity contribution is 6.30. The summed E-state index contributed by atoms with van der Waals surface area (Å²) in [7, 11) is 0. The molecule has 3 rings (SSSR count). The van der Waals surface area contributed by atoms with Gasteiger partial charge in [-0.3, -0.25) is 4.79 Å². The van der Waals surface area contributed by atoms with Gasteiger partial charge in [-0.05, 0) is 36.8 Å². The van der Waals surface area contributed by atoms with E-state index in [1.165, 1.54) is 0 Å². The van der Waals surface area contributed by atoms with Crippen LogP contribution < -0.4 is 5.32 Å². The first-order chi connectivity index (χ1) is 12.0. The molecule has 0 saturated carbocycles. The maximum atomic E-state index is 12.1. The number of carbonyl (C=O) groups excluding carboxylic acids is 2. The van der Waals surface area contributed by atoms with Crippen molar-refractivity contribution in [2.24, 2.45) is 0 Å². The number of para-hydroxylation sites is 1. The van der Waals surface area contributed by atoms with E-state index in [0.29, 0.717) is 10.7 Å².